The van der Waals surface area contributed by atoms with Gasteiger partial charge in [-0.05, 0) is 12.1 Å². The zero-order valence-corrected chi connectivity index (χ0v) is 5.77. The van der Waals surface area contributed by atoms with Crippen LogP contribution in [0.3, 0.4) is 0 Å². The fraction of sp³-hybridized carbons (Fsp3) is 0. The zero-order chi connectivity index (χ0) is 7.68. The minimum absolute atomic E-state index is 0.606. The van der Waals surface area contributed by atoms with Crippen molar-refractivity contribution in [3.8, 4) is 0 Å². The second-order valence-corrected chi connectivity index (χ2v) is 2.27. The summed E-state index contributed by atoms with van der Waals surface area (Å²) < 4.78 is 0.808. The van der Waals surface area contributed by atoms with Crippen molar-refractivity contribution in [1.29, 1.82) is 0 Å². The maximum atomic E-state index is 11.1. The van der Waals surface area contributed by atoms with Gasteiger partial charge in [0.1, 0.15) is 6.20 Å². The Kier molecular flexibility index (Phi) is 1.22. The van der Waals surface area contributed by atoms with Gasteiger partial charge in [0.05, 0.1) is 5.39 Å². The van der Waals surface area contributed by atoms with Gasteiger partial charge in [-0.3, -0.25) is 4.98 Å². The van der Waals surface area contributed by atoms with Gasteiger partial charge in [0.2, 0.25) is 5.52 Å². The van der Waals surface area contributed by atoms with Crippen LogP contribution in [0.25, 0.3) is 10.9 Å². The highest BCUT2D eigenvalue weighted by Crippen LogP contribution is 2.04. The van der Waals surface area contributed by atoms with E-state index >= 15 is 0 Å². The van der Waals surface area contributed by atoms with Crippen molar-refractivity contribution in [2.75, 3.05) is 0 Å². The lowest BCUT2D eigenvalue weighted by Gasteiger charge is -1.97. The summed E-state index contributed by atoms with van der Waals surface area (Å²) in [5, 5.41) is 12.0. The van der Waals surface area contributed by atoms with Gasteiger partial charge in [0.25, 0.3) is 0 Å². The van der Waals surface area contributed by atoms with Crippen molar-refractivity contribution in [1.82, 2.24) is 4.98 Å². The summed E-state index contributed by atoms with van der Waals surface area (Å²) in [6, 6.07) is 5.41. The third kappa shape index (κ3) is 0.902. The van der Waals surface area contributed by atoms with E-state index in [0.29, 0.717) is 5.52 Å². The van der Waals surface area contributed by atoms with Gasteiger partial charge in [-0.15, -0.1) is 0 Å². The maximum Gasteiger partial charge on any atom is 0.242 e. The summed E-state index contributed by atoms with van der Waals surface area (Å²) >= 11 is 0. The first-order valence-corrected chi connectivity index (χ1v) is 3.30. The Bertz CT molecular complexity index is 381. The molecule has 0 aliphatic carbocycles. The van der Waals surface area contributed by atoms with Gasteiger partial charge in [0, 0.05) is 12.3 Å². The van der Waals surface area contributed by atoms with Gasteiger partial charge < -0.3 is 5.21 Å². The molecule has 2 heterocycles. The molecule has 3 heteroatoms. The molecule has 0 aliphatic heterocycles. The zero-order valence-electron chi connectivity index (χ0n) is 5.77. The lowest BCUT2D eigenvalue weighted by Crippen LogP contribution is -2.25. The van der Waals surface area contributed by atoms with E-state index in [1.165, 1.54) is 6.20 Å². The van der Waals surface area contributed by atoms with Crippen molar-refractivity contribution in [3.63, 3.8) is 0 Å². The Labute approximate surface area is 63.5 Å². The highest BCUT2D eigenvalue weighted by Gasteiger charge is 1.98. The molecule has 2 aromatic heterocycles. The summed E-state index contributed by atoms with van der Waals surface area (Å²) in [6.45, 7) is 0. The van der Waals surface area contributed by atoms with E-state index in [1.807, 2.05) is 12.1 Å². The molecule has 0 atom stereocenters. The molecule has 0 bridgehead atoms. The summed E-state index contributed by atoms with van der Waals surface area (Å²) in [5.41, 5.74) is 0.606. The quantitative estimate of drug-likeness (QED) is 0.408. The Hall–Kier alpha value is -1.64. The predicted octanol–water partition coefficient (Wildman–Crippen LogP) is 0.868. The molecule has 0 aromatic carbocycles. The fourth-order valence-electron chi connectivity index (χ4n) is 1.03. The molecule has 0 N–H and O–H groups in total. The number of nitrogens with zero attached hydrogens (tertiary/aromatic N) is 2. The van der Waals surface area contributed by atoms with Crippen LogP contribution in [0, 0.1) is 5.21 Å². The Balaban J connectivity index is 2.91. The van der Waals surface area contributed by atoms with E-state index in [9.17, 15) is 5.21 Å². The van der Waals surface area contributed by atoms with E-state index in [0.717, 1.165) is 10.1 Å². The topological polar surface area (TPSA) is 39.8 Å². The molecule has 3 nitrogen and oxygen atoms in total. The summed E-state index contributed by atoms with van der Waals surface area (Å²) in [7, 11) is 0. The van der Waals surface area contributed by atoms with Crippen LogP contribution in [-0.4, -0.2) is 4.98 Å². The Morgan fingerprint density at radius 2 is 2.27 bits per heavy atom. The smallest absolute Gasteiger partial charge is 0.242 e. The highest BCUT2D eigenvalue weighted by atomic mass is 16.5. The largest absolute Gasteiger partial charge is 0.618 e. The van der Waals surface area contributed by atoms with Gasteiger partial charge in [-0.2, -0.15) is 4.73 Å². The van der Waals surface area contributed by atoms with Crippen LogP contribution >= 0.6 is 0 Å². The molecule has 0 aliphatic rings. The lowest BCUT2D eigenvalue weighted by molar-refractivity contribution is -0.577. The lowest BCUT2D eigenvalue weighted by atomic mass is 10.3. The Morgan fingerprint density at radius 1 is 1.36 bits per heavy atom. The molecule has 0 radical (unpaired) electrons. The molecule has 0 spiro atoms. The van der Waals surface area contributed by atoms with Crippen LogP contribution in [-0.2, 0) is 0 Å². The SMILES string of the molecule is [O-][n+]1cccc2ccncc21. The van der Waals surface area contributed by atoms with E-state index in [1.54, 1.807) is 18.5 Å². The second-order valence-electron chi connectivity index (χ2n) is 2.27. The van der Waals surface area contributed by atoms with Crippen molar-refractivity contribution < 1.29 is 4.73 Å². The predicted molar refractivity (Wildman–Crippen MR) is 40.7 cm³/mol. The molecule has 0 fully saturated rings. The highest BCUT2D eigenvalue weighted by molar-refractivity contribution is 5.73. The first kappa shape index (κ1) is 6.09. The van der Waals surface area contributed by atoms with E-state index in [2.05, 4.69) is 4.98 Å². The normalized spacial score (nSPS) is 10.2. The molecule has 0 saturated heterocycles. The average molecular weight is 146 g/mol. The number of hydrogen-bond donors (Lipinski definition) is 0. The van der Waals surface area contributed by atoms with Gasteiger partial charge in [0.15, 0.2) is 6.20 Å². The monoisotopic (exact) mass is 146 g/mol. The molecule has 2 aromatic rings. The molecule has 2 rings (SSSR count). The van der Waals surface area contributed by atoms with Crippen molar-refractivity contribution in [3.05, 3.63) is 42.0 Å². The van der Waals surface area contributed by atoms with Crippen LogP contribution < -0.4 is 4.73 Å². The van der Waals surface area contributed by atoms with Crippen LogP contribution in [0.15, 0.2) is 36.8 Å². The van der Waals surface area contributed by atoms with Crippen molar-refractivity contribution in [2.24, 2.45) is 0 Å². The molecule has 0 amide bonds. The molecule has 11 heavy (non-hydrogen) atoms. The number of fused-ring (bicyclic) bond motifs is 1. The summed E-state index contributed by atoms with van der Waals surface area (Å²) in [4.78, 5) is 3.85. The first-order valence-electron chi connectivity index (χ1n) is 3.30. The van der Waals surface area contributed by atoms with E-state index in [4.69, 9.17) is 0 Å². The second kappa shape index (κ2) is 2.20. The Morgan fingerprint density at radius 3 is 3.09 bits per heavy atom. The first-order chi connectivity index (χ1) is 5.38. The molecular weight excluding hydrogens is 140 g/mol. The molecular formula is C8H6N2O. The summed E-state index contributed by atoms with van der Waals surface area (Å²) in [6.07, 6.45) is 4.69. The molecule has 54 valence electrons. The number of rotatable bonds is 0. The summed E-state index contributed by atoms with van der Waals surface area (Å²) in [5.74, 6) is 0. The minimum atomic E-state index is 0.606. The maximum absolute atomic E-state index is 11.1. The minimum Gasteiger partial charge on any atom is -0.618 e. The van der Waals surface area contributed by atoms with Crippen molar-refractivity contribution >= 4 is 10.9 Å². The van der Waals surface area contributed by atoms with Crippen LogP contribution in [0.5, 0.6) is 0 Å². The van der Waals surface area contributed by atoms with Crippen LogP contribution in [0.2, 0.25) is 0 Å². The average Bonchev–Trinajstić information content (AvgIpc) is 2.06. The van der Waals surface area contributed by atoms with Gasteiger partial charge in [-0.1, -0.05) is 0 Å². The van der Waals surface area contributed by atoms with Crippen molar-refractivity contribution in [2.45, 2.75) is 0 Å². The van der Waals surface area contributed by atoms with Gasteiger partial charge in [-0.25, -0.2) is 0 Å². The number of aromatic nitrogens is 2. The fourth-order valence-corrected chi connectivity index (χ4v) is 1.03. The molecule has 0 saturated carbocycles. The van der Waals surface area contributed by atoms with E-state index in [-0.39, 0.29) is 0 Å². The standard InChI is InChI=1S/C8H6N2O/c11-10-5-1-2-7-3-4-9-6-8(7)10/h1-6H. The van der Waals surface area contributed by atoms with Gasteiger partial charge >= 0.3 is 0 Å². The number of pyridine rings is 2. The van der Waals surface area contributed by atoms with Crippen LogP contribution in [0.4, 0.5) is 0 Å². The third-order valence-corrected chi connectivity index (χ3v) is 1.57. The van der Waals surface area contributed by atoms with Crippen LogP contribution in [0.1, 0.15) is 0 Å². The third-order valence-electron chi connectivity index (χ3n) is 1.57. The number of hydrogen-bond acceptors (Lipinski definition) is 2. The molecule has 0 unspecified atom stereocenters. The van der Waals surface area contributed by atoms with E-state index < -0.39 is 0 Å².